The maximum absolute atomic E-state index is 11.2. The lowest BCUT2D eigenvalue weighted by atomic mass is 9.99. The van der Waals surface area contributed by atoms with Gasteiger partial charge in [0.1, 0.15) is 11.1 Å². The molecule has 0 spiro atoms. The highest BCUT2D eigenvalue weighted by molar-refractivity contribution is 7.09. The second kappa shape index (κ2) is 6.09. The van der Waals surface area contributed by atoms with E-state index in [9.17, 15) is 9.90 Å². The first-order valence-electron chi connectivity index (χ1n) is 5.43. The number of ether oxygens (including phenoxy) is 1. The molecule has 0 radical (unpaired) electrons. The Bertz CT molecular complexity index is 379. The van der Waals surface area contributed by atoms with Crippen molar-refractivity contribution in [1.82, 2.24) is 4.98 Å². The van der Waals surface area contributed by atoms with Crippen molar-refractivity contribution in [2.75, 3.05) is 7.11 Å². The largest absolute Gasteiger partial charge is 0.464 e. The van der Waals surface area contributed by atoms with Crippen molar-refractivity contribution in [2.24, 2.45) is 11.7 Å². The van der Waals surface area contributed by atoms with Crippen LogP contribution in [0.5, 0.6) is 0 Å². The minimum absolute atomic E-state index is 0.0875. The molecule has 0 saturated carbocycles. The summed E-state index contributed by atoms with van der Waals surface area (Å²) in [6.07, 6.45) is -0.290. The number of aliphatic hydroxyl groups excluding tert-OH is 1. The fraction of sp³-hybridized carbons (Fsp3) is 0.636. The molecule has 0 fully saturated rings. The number of rotatable bonds is 5. The standard InChI is InChI=1S/C11H18N2O3S/c1-6(2)7(12)4-9(14)10-13-8(5-17-10)11(15)16-3/h5-7,9,14H,4,12H2,1-3H3/t7-,9+/m0/s1. The van der Waals surface area contributed by atoms with Gasteiger partial charge in [-0.25, -0.2) is 9.78 Å². The van der Waals surface area contributed by atoms with E-state index in [1.807, 2.05) is 13.8 Å². The van der Waals surface area contributed by atoms with Gasteiger partial charge in [-0.3, -0.25) is 0 Å². The first-order chi connectivity index (χ1) is 7.95. The number of nitrogens with two attached hydrogens (primary N) is 1. The van der Waals surface area contributed by atoms with Gasteiger partial charge in [-0.15, -0.1) is 11.3 Å². The van der Waals surface area contributed by atoms with Gasteiger partial charge in [-0.2, -0.15) is 0 Å². The van der Waals surface area contributed by atoms with Gasteiger partial charge in [-0.1, -0.05) is 13.8 Å². The Morgan fingerprint density at radius 2 is 2.29 bits per heavy atom. The molecule has 3 N–H and O–H groups in total. The van der Waals surface area contributed by atoms with Crippen LogP contribution in [0.25, 0.3) is 0 Å². The summed E-state index contributed by atoms with van der Waals surface area (Å²) in [4.78, 5) is 15.2. The fourth-order valence-corrected chi connectivity index (χ4v) is 2.06. The second-order valence-corrected chi connectivity index (χ2v) is 5.11. The van der Waals surface area contributed by atoms with Crippen LogP contribution in [-0.2, 0) is 4.74 Å². The molecule has 0 saturated heterocycles. The number of hydrogen-bond donors (Lipinski definition) is 2. The zero-order valence-corrected chi connectivity index (χ0v) is 11.0. The zero-order valence-electron chi connectivity index (χ0n) is 10.2. The minimum Gasteiger partial charge on any atom is -0.464 e. The minimum atomic E-state index is -0.726. The average molecular weight is 258 g/mol. The molecule has 1 rings (SSSR count). The smallest absolute Gasteiger partial charge is 0.357 e. The van der Waals surface area contributed by atoms with Crippen LogP contribution in [0.1, 0.15) is 41.9 Å². The summed E-state index contributed by atoms with van der Waals surface area (Å²) in [5.74, 6) is -0.197. The summed E-state index contributed by atoms with van der Waals surface area (Å²) in [6.45, 7) is 4.00. The molecule has 5 nitrogen and oxygen atoms in total. The molecule has 96 valence electrons. The van der Waals surface area contributed by atoms with E-state index < -0.39 is 12.1 Å². The Morgan fingerprint density at radius 1 is 1.65 bits per heavy atom. The average Bonchev–Trinajstić information content (AvgIpc) is 2.77. The molecule has 2 atom stereocenters. The molecule has 0 unspecified atom stereocenters. The van der Waals surface area contributed by atoms with Crippen molar-refractivity contribution in [1.29, 1.82) is 0 Å². The molecule has 0 bridgehead atoms. The van der Waals surface area contributed by atoms with E-state index in [2.05, 4.69) is 9.72 Å². The van der Waals surface area contributed by atoms with E-state index in [-0.39, 0.29) is 11.7 Å². The topological polar surface area (TPSA) is 85.4 Å². The molecule has 6 heteroatoms. The Kier molecular flexibility index (Phi) is 5.04. The van der Waals surface area contributed by atoms with E-state index in [0.29, 0.717) is 17.3 Å². The number of thiazole rings is 1. The Morgan fingerprint density at radius 3 is 2.82 bits per heavy atom. The van der Waals surface area contributed by atoms with Crippen molar-refractivity contribution < 1.29 is 14.6 Å². The third kappa shape index (κ3) is 3.76. The molecule has 1 heterocycles. The Balaban J connectivity index is 2.66. The molecule has 1 aromatic rings. The zero-order chi connectivity index (χ0) is 13.0. The van der Waals surface area contributed by atoms with Crippen molar-refractivity contribution in [2.45, 2.75) is 32.4 Å². The highest BCUT2D eigenvalue weighted by Gasteiger charge is 2.20. The second-order valence-electron chi connectivity index (χ2n) is 4.22. The third-order valence-electron chi connectivity index (χ3n) is 2.55. The van der Waals surface area contributed by atoms with Gasteiger partial charge >= 0.3 is 5.97 Å². The molecule has 0 aliphatic heterocycles. The van der Waals surface area contributed by atoms with Crippen LogP contribution in [0.4, 0.5) is 0 Å². The number of hydrogen-bond acceptors (Lipinski definition) is 6. The first kappa shape index (κ1) is 14.1. The maximum Gasteiger partial charge on any atom is 0.357 e. The predicted molar refractivity (Wildman–Crippen MR) is 65.8 cm³/mol. The number of carbonyl (C=O) groups is 1. The normalized spacial score (nSPS) is 14.7. The predicted octanol–water partition coefficient (Wildman–Crippen LogP) is 1.34. The number of esters is 1. The monoisotopic (exact) mass is 258 g/mol. The highest BCUT2D eigenvalue weighted by Crippen LogP contribution is 2.23. The quantitative estimate of drug-likeness (QED) is 0.778. The lowest BCUT2D eigenvalue weighted by Gasteiger charge is -2.17. The molecule has 0 amide bonds. The van der Waals surface area contributed by atoms with Crippen LogP contribution in [0.3, 0.4) is 0 Å². The maximum atomic E-state index is 11.2. The van der Waals surface area contributed by atoms with E-state index in [0.717, 1.165) is 0 Å². The van der Waals surface area contributed by atoms with Gasteiger partial charge in [0.05, 0.1) is 7.11 Å². The summed E-state index contributed by atoms with van der Waals surface area (Å²) in [7, 11) is 1.30. The Labute approximate surface area is 105 Å². The number of aromatic nitrogens is 1. The molecule has 1 aromatic heterocycles. The number of nitrogens with zero attached hydrogens (tertiary/aromatic N) is 1. The lowest BCUT2D eigenvalue weighted by molar-refractivity contribution is 0.0594. The van der Waals surface area contributed by atoms with Gasteiger partial charge in [0, 0.05) is 11.4 Å². The van der Waals surface area contributed by atoms with Crippen LogP contribution in [0, 0.1) is 5.92 Å². The van der Waals surface area contributed by atoms with Crippen LogP contribution in [-0.4, -0.2) is 29.2 Å². The molecular formula is C11H18N2O3S. The van der Waals surface area contributed by atoms with Gasteiger partial charge in [0.15, 0.2) is 5.69 Å². The van der Waals surface area contributed by atoms with E-state index in [1.165, 1.54) is 18.4 Å². The number of carbonyl (C=O) groups excluding carboxylic acids is 1. The number of aliphatic hydroxyl groups is 1. The molecule has 0 aromatic carbocycles. The number of methoxy groups -OCH3 is 1. The molecule has 0 aliphatic carbocycles. The highest BCUT2D eigenvalue weighted by atomic mass is 32.1. The third-order valence-corrected chi connectivity index (χ3v) is 3.50. The van der Waals surface area contributed by atoms with Crippen LogP contribution < -0.4 is 5.73 Å². The SMILES string of the molecule is COC(=O)c1csc([C@H](O)C[C@H](N)C(C)C)n1. The van der Waals surface area contributed by atoms with Gasteiger partial charge in [0.2, 0.25) is 0 Å². The van der Waals surface area contributed by atoms with E-state index in [1.54, 1.807) is 5.38 Å². The summed E-state index contributed by atoms with van der Waals surface area (Å²) in [6, 6.07) is -0.0875. The van der Waals surface area contributed by atoms with Crippen molar-refractivity contribution in [3.05, 3.63) is 16.1 Å². The fourth-order valence-electron chi connectivity index (χ4n) is 1.27. The lowest BCUT2D eigenvalue weighted by Crippen LogP contribution is -2.28. The van der Waals surface area contributed by atoms with E-state index in [4.69, 9.17) is 5.73 Å². The summed E-state index contributed by atoms with van der Waals surface area (Å²) in [5.41, 5.74) is 6.10. The first-order valence-corrected chi connectivity index (χ1v) is 6.31. The van der Waals surface area contributed by atoms with Gasteiger partial charge in [-0.05, 0) is 12.3 Å². The summed E-state index contributed by atoms with van der Waals surface area (Å²) in [5, 5.41) is 12.0. The van der Waals surface area contributed by atoms with Gasteiger partial charge < -0.3 is 15.6 Å². The Hall–Kier alpha value is -0.980. The summed E-state index contributed by atoms with van der Waals surface area (Å²) >= 11 is 1.24. The van der Waals surface area contributed by atoms with Crippen LogP contribution in [0.15, 0.2) is 5.38 Å². The van der Waals surface area contributed by atoms with Gasteiger partial charge in [0.25, 0.3) is 0 Å². The molecular weight excluding hydrogens is 240 g/mol. The van der Waals surface area contributed by atoms with Crippen LogP contribution >= 0.6 is 11.3 Å². The molecule has 17 heavy (non-hydrogen) atoms. The van der Waals surface area contributed by atoms with Crippen LogP contribution in [0.2, 0.25) is 0 Å². The summed E-state index contributed by atoms with van der Waals surface area (Å²) < 4.78 is 4.55. The van der Waals surface area contributed by atoms with E-state index >= 15 is 0 Å². The van der Waals surface area contributed by atoms with Crippen molar-refractivity contribution in [3.63, 3.8) is 0 Å². The molecule has 0 aliphatic rings. The van der Waals surface area contributed by atoms with Crippen molar-refractivity contribution >= 4 is 17.3 Å². The van der Waals surface area contributed by atoms with Crippen molar-refractivity contribution in [3.8, 4) is 0 Å².